The van der Waals surface area contributed by atoms with E-state index in [-0.39, 0.29) is 0 Å². The van der Waals surface area contributed by atoms with Crippen LogP contribution in [0.5, 0.6) is 0 Å². The third-order valence-corrected chi connectivity index (χ3v) is 5.01. The number of anilines is 1. The Kier molecular flexibility index (Phi) is 6.29. The summed E-state index contributed by atoms with van der Waals surface area (Å²) in [5.41, 5.74) is 2.13. The molecule has 0 aliphatic heterocycles. The van der Waals surface area contributed by atoms with Crippen molar-refractivity contribution in [3.63, 3.8) is 0 Å². The Balaban J connectivity index is 1.75. The number of nitrogens with zero attached hydrogens (tertiary/aromatic N) is 1. The smallest absolute Gasteiger partial charge is 0.174 e. The number of benzene rings is 2. The molecule has 0 bridgehead atoms. The van der Waals surface area contributed by atoms with Crippen molar-refractivity contribution in [3.8, 4) is 0 Å². The standard InChI is InChI=1S/C19H16Br2N2OS/c20-15-5-3-14(4-6-15)12-23(13-18-2-1-11-24-18)19(25)22-17-9-7-16(21)8-10-17/h1-11H,12-13H2,(H,22,25). The van der Waals surface area contributed by atoms with Crippen molar-refractivity contribution in [1.82, 2.24) is 4.90 Å². The minimum atomic E-state index is 0.603. The monoisotopic (exact) mass is 478 g/mol. The van der Waals surface area contributed by atoms with Gasteiger partial charge in [-0.25, -0.2) is 0 Å². The average molecular weight is 480 g/mol. The minimum absolute atomic E-state index is 0.603. The lowest BCUT2D eigenvalue weighted by Crippen LogP contribution is -2.33. The van der Waals surface area contributed by atoms with Crippen LogP contribution >= 0.6 is 44.1 Å². The summed E-state index contributed by atoms with van der Waals surface area (Å²) in [6, 6.07) is 20.0. The molecule has 1 heterocycles. The summed E-state index contributed by atoms with van der Waals surface area (Å²) in [6.45, 7) is 1.29. The fraction of sp³-hybridized carbons (Fsp3) is 0.105. The molecular formula is C19H16Br2N2OS. The summed E-state index contributed by atoms with van der Waals surface area (Å²) >= 11 is 12.6. The molecule has 0 atom stereocenters. The second kappa shape index (κ2) is 8.65. The van der Waals surface area contributed by atoms with E-state index in [0.29, 0.717) is 18.2 Å². The van der Waals surface area contributed by atoms with Gasteiger partial charge in [0.15, 0.2) is 5.11 Å². The van der Waals surface area contributed by atoms with Crippen molar-refractivity contribution in [3.05, 3.63) is 87.2 Å². The Morgan fingerprint density at radius 1 is 0.920 bits per heavy atom. The molecule has 0 saturated heterocycles. The Morgan fingerprint density at radius 3 is 2.16 bits per heavy atom. The maximum Gasteiger partial charge on any atom is 0.174 e. The lowest BCUT2D eigenvalue weighted by Gasteiger charge is -2.25. The SMILES string of the molecule is S=C(Nc1ccc(Br)cc1)N(Cc1ccc(Br)cc1)Cc1ccco1. The molecule has 3 aromatic rings. The molecule has 0 fully saturated rings. The molecular weight excluding hydrogens is 464 g/mol. The van der Waals surface area contributed by atoms with Crippen molar-refractivity contribution in [1.29, 1.82) is 0 Å². The molecule has 25 heavy (non-hydrogen) atoms. The summed E-state index contributed by atoms with van der Waals surface area (Å²) in [4.78, 5) is 2.08. The van der Waals surface area contributed by atoms with Gasteiger partial charge in [0.2, 0.25) is 0 Å². The zero-order valence-electron chi connectivity index (χ0n) is 13.3. The van der Waals surface area contributed by atoms with E-state index in [4.69, 9.17) is 16.6 Å². The highest BCUT2D eigenvalue weighted by Gasteiger charge is 2.13. The molecule has 1 aromatic heterocycles. The van der Waals surface area contributed by atoms with Crippen LogP contribution in [0.4, 0.5) is 5.69 Å². The van der Waals surface area contributed by atoms with E-state index >= 15 is 0 Å². The summed E-state index contributed by atoms with van der Waals surface area (Å²) < 4.78 is 7.59. The van der Waals surface area contributed by atoms with Crippen LogP contribution in [-0.4, -0.2) is 10.0 Å². The minimum Gasteiger partial charge on any atom is -0.467 e. The summed E-state index contributed by atoms with van der Waals surface area (Å²) in [7, 11) is 0. The van der Waals surface area contributed by atoms with E-state index in [1.165, 1.54) is 5.56 Å². The molecule has 1 N–H and O–H groups in total. The Hall–Kier alpha value is -1.63. The highest BCUT2D eigenvalue weighted by Crippen LogP contribution is 2.18. The molecule has 0 spiro atoms. The van der Waals surface area contributed by atoms with Gasteiger partial charge in [0, 0.05) is 21.2 Å². The van der Waals surface area contributed by atoms with E-state index in [2.05, 4.69) is 54.2 Å². The fourth-order valence-electron chi connectivity index (χ4n) is 2.34. The van der Waals surface area contributed by atoms with Crippen LogP contribution in [0.3, 0.4) is 0 Å². The number of thiocarbonyl (C=S) groups is 1. The van der Waals surface area contributed by atoms with Gasteiger partial charge < -0.3 is 14.6 Å². The van der Waals surface area contributed by atoms with Gasteiger partial charge in [0.1, 0.15) is 5.76 Å². The van der Waals surface area contributed by atoms with Crippen molar-refractivity contribution in [2.24, 2.45) is 0 Å². The molecule has 0 amide bonds. The van der Waals surface area contributed by atoms with Crippen molar-refractivity contribution in [2.75, 3.05) is 5.32 Å². The zero-order valence-corrected chi connectivity index (χ0v) is 17.3. The second-order valence-electron chi connectivity index (χ2n) is 5.50. The van der Waals surface area contributed by atoms with Gasteiger partial charge in [-0.3, -0.25) is 0 Å². The summed E-state index contributed by atoms with van der Waals surface area (Å²) in [6.07, 6.45) is 1.68. The third kappa shape index (κ3) is 5.42. The van der Waals surface area contributed by atoms with E-state index in [0.717, 1.165) is 20.4 Å². The van der Waals surface area contributed by atoms with Gasteiger partial charge in [0.05, 0.1) is 12.8 Å². The first-order valence-electron chi connectivity index (χ1n) is 7.68. The third-order valence-electron chi connectivity index (χ3n) is 3.60. The first-order chi connectivity index (χ1) is 12.1. The van der Waals surface area contributed by atoms with Gasteiger partial charge in [-0.15, -0.1) is 0 Å². The van der Waals surface area contributed by atoms with Crippen LogP contribution in [0.1, 0.15) is 11.3 Å². The van der Waals surface area contributed by atoms with Gasteiger partial charge in [-0.2, -0.15) is 0 Å². The summed E-state index contributed by atoms with van der Waals surface area (Å²) in [5, 5.41) is 3.95. The van der Waals surface area contributed by atoms with E-state index in [1.807, 2.05) is 48.5 Å². The number of rotatable bonds is 5. The molecule has 0 aliphatic carbocycles. The van der Waals surface area contributed by atoms with E-state index in [9.17, 15) is 0 Å². The van der Waals surface area contributed by atoms with Crippen LogP contribution in [0.25, 0.3) is 0 Å². The van der Waals surface area contributed by atoms with Gasteiger partial charge in [-0.05, 0) is 66.3 Å². The number of hydrogen-bond donors (Lipinski definition) is 1. The fourth-order valence-corrected chi connectivity index (χ4v) is 3.11. The van der Waals surface area contributed by atoms with Gasteiger partial charge >= 0.3 is 0 Å². The van der Waals surface area contributed by atoms with Crippen LogP contribution in [0, 0.1) is 0 Å². The lowest BCUT2D eigenvalue weighted by atomic mass is 10.2. The lowest BCUT2D eigenvalue weighted by molar-refractivity contribution is 0.360. The van der Waals surface area contributed by atoms with Crippen LogP contribution in [0.15, 0.2) is 80.3 Å². The van der Waals surface area contributed by atoms with Crippen LogP contribution < -0.4 is 5.32 Å². The number of nitrogens with one attached hydrogen (secondary N) is 1. The second-order valence-corrected chi connectivity index (χ2v) is 7.72. The highest BCUT2D eigenvalue weighted by molar-refractivity contribution is 9.10. The van der Waals surface area contributed by atoms with Crippen molar-refractivity contribution < 1.29 is 4.42 Å². The molecule has 6 heteroatoms. The molecule has 0 saturated carbocycles. The van der Waals surface area contributed by atoms with E-state index in [1.54, 1.807) is 6.26 Å². The van der Waals surface area contributed by atoms with Crippen molar-refractivity contribution in [2.45, 2.75) is 13.1 Å². The molecule has 128 valence electrons. The predicted octanol–water partition coefficient (Wildman–Crippen LogP) is 6.20. The predicted molar refractivity (Wildman–Crippen MR) is 112 cm³/mol. The Labute approximate surface area is 169 Å². The normalized spacial score (nSPS) is 10.5. The van der Waals surface area contributed by atoms with Gasteiger partial charge in [-0.1, -0.05) is 44.0 Å². The summed E-state index contributed by atoms with van der Waals surface area (Å²) in [5.74, 6) is 0.872. The Bertz CT molecular complexity index is 818. The molecule has 3 nitrogen and oxygen atoms in total. The quantitative estimate of drug-likeness (QED) is 0.440. The maximum atomic E-state index is 5.64. The number of hydrogen-bond acceptors (Lipinski definition) is 2. The number of halogens is 2. The molecule has 3 rings (SSSR count). The first kappa shape index (κ1) is 18.2. The molecule has 0 unspecified atom stereocenters. The average Bonchev–Trinajstić information content (AvgIpc) is 3.11. The largest absolute Gasteiger partial charge is 0.467 e. The first-order valence-corrected chi connectivity index (χ1v) is 9.68. The van der Waals surface area contributed by atoms with E-state index < -0.39 is 0 Å². The highest BCUT2D eigenvalue weighted by atomic mass is 79.9. The Morgan fingerprint density at radius 2 is 1.56 bits per heavy atom. The number of furan rings is 1. The van der Waals surface area contributed by atoms with Crippen LogP contribution in [-0.2, 0) is 13.1 Å². The molecule has 0 aliphatic rings. The maximum absolute atomic E-state index is 5.64. The van der Waals surface area contributed by atoms with Crippen molar-refractivity contribution >= 4 is 54.9 Å². The van der Waals surface area contributed by atoms with Gasteiger partial charge in [0.25, 0.3) is 0 Å². The molecule has 2 aromatic carbocycles. The molecule has 0 radical (unpaired) electrons. The zero-order chi connectivity index (χ0) is 17.6. The topological polar surface area (TPSA) is 28.4 Å². The van der Waals surface area contributed by atoms with Crippen LogP contribution in [0.2, 0.25) is 0 Å².